The minimum absolute atomic E-state index is 0.0321. The molecule has 168 valence electrons. The molecule has 0 radical (unpaired) electrons. The third-order valence-electron chi connectivity index (χ3n) is 5.21. The minimum atomic E-state index is -1.17. The summed E-state index contributed by atoms with van der Waals surface area (Å²) in [5, 5.41) is 19.4. The van der Waals surface area contributed by atoms with E-state index < -0.39 is 35.2 Å². The first-order chi connectivity index (χ1) is 15.4. The van der Waals surface area contributed by atoms with Crippen molar-refractivity contribution >= 4 is 41.3 Å². The number of thioether (sulfide) groups is 2. The number of fused-ring (bicyclic) bond motifs is 1. The van der Waals surface area contributed by atoms with Gasteiger partial charge in [-0.25, -0.2) is 9.78 Å². The van der Waals surface area contributed by atoms with Crippen LogP contribution in [-0.2, 0) is 20.8 Å². The number of carboxylic acid groups (broad SMARTS) is 1. The largest absolute Gasteiger partial charge is 0.477 e. The van der Waals surface area contributed by atoms with Gasteiger partial charge in [-0.3, -0.25) is 19.6 Å². The highest BCUT2D eigenvalue weighted by Gasteiger charge is 2.54. The quantitative estimate of drug-likeness (QED) is 0.323. The van der Waals surface area contributed by atoms with Gasteiger partial charge in [0.1, 0.15) is 29.0 Å². The normalized spacial score (nSPS) is 21.1. The molecule has 2 aromatic rings. The number of nitrogens with zero attached hydrogens (tertiary/aromatic N) is 3. The molecule has 0 spiro atoms. The molecule has 4 rings (SSSR count). The van der Waals surface area contributed by atoms with Crippen molar-refractivity contribution in [3.8, 4) is 0 Å². The highest BCUT2D eigenvalue weighted by molar-refractivity contribution is 8.01. The molecule has 2 unspecified atom stereocenters. The predicted molar refractivity (Wildman–Crippen MR) is 120 cm³/mol. The van der Waals surface area contributed by atoms with Crippen LogP contribution >= 0.6 is 23.5 Å². The number of carboxylic acids is 1. The van der Waals surface area contributed by atoms with Gasteiger partial charge in [0.25, 0.3) is 5.91 Å². The molecule has 2 amide bonds. The van der Waals surface area contributed by atoms with E-state index in [1.54, 1.807) is 24.3 Å². The third-order valence-corrected chi connectivity index (χ3v) is 7.48. The summed E-state index contributed by atoms with van der Waals surface area (Å²) in [7, 11) is 0. The standard InChI is InChI=1S/C20H22N6O4S2/c1-2-12-22-20(25-24-12)32-9-11-8-31-18-14(17(28)26(18)15(11)19(29)30)23-16(27)13(21)10-6-4-3-5-7-10/h3-7,13-14,18H,2,8-9,21H2,1H3,(H,23,27)(H,29,30)(H,22,24,25)/t13?,14?,18-/m0/s1. The van der Waals surface area contributed by atoms with Crippen molar-refractivity contribution in [1.82, 2.24) is 25.4 Å². The third kappa shape index (κ3) is 4.25. The molecule has 10 nitrogen and oxygen atoms in total. The van der Waals surface area contributed by atoms with Crippen LogP contribution in [-0.4, -0.2) is 65.9 Å². The summed E-state index contributed by atoms with van der Waals surface area (Å²) in [6, 6.07) is 7.12. The van der Waals surface area contributed by atoms with Crippen LogP contribution in [0, 0.1) is 0 Å². The fraction of sp³-hybridized carbons (Fsp3) is 0.350. The van der Waals surface area contributed by atoms with Crippen LogP contribution in [0.2, 0.25) is 0 Å². The molecule has 2 aliphatic heterocycles. The van der Waals surface area contributed by atoms with Crippen LogP contribution in [0.25, 0.3) is 0 Å². The summed E-state index contributed by atoms with van der Waals surface area (Å²) in [5.41, 5.74) is 7.24. The fourth-order valence-corrected chi connectivity index (χ4v) is 5.80. The van der Waals surface area contributed by atoms with E-state index in [2.05, 4.69) is 20.5 Å². The lowest BCUT2D eigenvalue weighted by Crippen LogP contribution is -2.71. The number of nitrogens with two attached hydrogens (primary N) is 1. The second kappa shape index (κ2) is 9.35. The number of β-lactam (4-membered cyclic amide) rings is 1. The Bertz CT molecular complexity index is 1070. The topological polar surface area (TPSA) is 154 Å². The minimum Gasteiger partial charge on any atom is -0.477 e. The van der Waals surface area contributed by atoms with E-state index in [0.29, 0.717) is 27.8 Å². The first-order valence-electron chi connectivity index (χ1n) is 9.95. The van der Waals surface area contributed by atoms with Gasteiger partial charge in [0.2, 0.25) is 11.1 Å². The van der Waals surface area contributed by atoms with Crippen molar-refractivity contribution in [3.05, 3.63) is 53.0 Å². The average Bonchev–Trinajstić information content (AvgIpc) is 3.28. The van der Waals surface area contributed by atoms with Gasteiger partial charge in [-0.1, -0.05) is 49.0 Å². The van der Waals surface area contributed by atoms with Crippen LogP contribution in [0.15, 0.2) is 46.8 Å². The highest BCUT2D eigenvalue weighted by atomic mass is 32.2. The summed E-state index contributed by atoms with van der Waals surface area (Å²) in [6.45, 7) is 1.95. The molecule has 2 aliphatic rings. The molecule has 0 aliphatic carbocycles. The van der Waals surface area contributed by atoms with Gasteiger partial charge in [-0.05, 0) is 11.1 Å². The molecule has 5 N–H and O–H groups in total. The number of aliphatic carboxylic acids is 1. The number of hydrogen-bond donors (Lipinski definition) is 4. The lowest BCUT2D eigenvalue weighted by atomic mass is 10.0. The van der Waals surface area contributed by atoms with Crippen LogP contribution in [0.1, 0.15) is 24.4 Å². The molecular formula is C20H22N6O4S2. The van der Waals surface area contributed by atoms with Gasteiger partial charge in [0.05, 0.1) is 0 Å². The van der Waals surface area contributed by atoms with Crippen molar-refractivity contribution in [2.45, 2.75) is 36.0 Å². The maximum atomic E-state index is 12.8. The van der Waals surface area contributed by atoms with Crippen molar-refractivity contribution in [2.75, 3.05) is 11.5 Å². The number of aromatic amines is 1. The molecule has 12 heteroatoms. The number of aryl methyl sites for hydroxylation is 1. The molecule has 1 aromatic heterocycles. The van der Waals surface area contributed by atoms with Gasteiger partial charge in [-0.15, -0.1) is 16.9 Å². The molecule has 1 fully saturated rings. The van der Waals surface area contributed by atoms with Gasteiger partial charge in [0.15, 0.2) is 0 Å². The van der Waals surface area contributed by atoms with Gasteiger partial charge < -0.3 is 16.2 Å². The molecule has 3 atom stereocenters. The molecule has 0 saturated carbocycles. The number of aromatic nitrogens is 3. The Morgan fingerprint density at radius 3 is 2.81 bits per heavy atom. The average molecular weight is 475 g/mol. The zero-order valence-electron chi connectivity index (χ0n) is 17.1. The van der Waals surface area contributed by atoms with E-state index in [1.165, 1.54) is 28.4 Å². The van der Waals surface area contributed by atoms with Gasteiger partial charge in [-0.2, -0.15) is 0 Å². The number of carbonyl (C=O) groups excluding carboxylic acids is 2. The Morgan fingerprint density at radius 2 is 2.16 bits per heavy atom. The molecule has 1 saturated heterocycles. The lowest BCUT2D eigenvalue weighted by Gasteiger charge is -2.49. The van der Waals surface area contributed by atoms with Crippen LogP contribution in [0.5, 0.6) is 0 Å². The summed E-state index contributed by atoms with van der Waals surface area (Å²) < 4.78 is 0. The molecule has 3 heterocycles. The Kier molecular flexibility index (Phi) is 6.53. The zero-order valence-corrected chi connectivity index (χ0v) is 18.8. The number of benzene rings is 1. The Hall–Kier alpha value is -2.83. The summed E-state index contributed by atoms with van der Waals surface area (Å²) in [5.74, 6) is -0.583. The maximum Gasteiger partial charge on any atom is 0.352 e. The summed E-state index contributed by atoms with van der Waals surface area (Å²) in [6.07, 6.45) is 0.720. The first-order valence-corrected chi connectivity index (χ1v) is 12.0. The lowest BCUT2D eigenvalue weighted by molar-refractivity contribution is -0.150. The van der Waals surface area contributed by atoms with Crippen LogP contribution in [0.4, 0.5) is 0 Å². The van der Waals surface area contributed by atoms with Crippen molar-refractivity contribution in [2.24, 2.45) is 5.73 Å². The first kappa shape index (κ1) is 22.4. The van der Waals surface area contributed by atoms with E-state index >= 15 is 0 Å². The number of nitrogens with one attached hydrogen (secondary N) is 2. The Balaban J connectivity index is 1.44. The van der Waals surface area contributed by atoms with Crippen molar-refractivity contribution in [3.63, 3.8) is 0 Å². The zero-order chi connectivity index (χ0) is 22.8. The van der Waals surface area contributed by atoms with E-state index in [9.17, 15) is 19.5 Å². The molecule has 0 bridgehead atoms. The fourth-order valence-electron chi connectivity index (χ4n) is 3.50. The molecule has 32 heavy (non-hydrogen) atoms. The van der Waals surface area contributed by atoms with Gasteiger partial charge in [0, 0.05) is 17.9 Å². The van der Waals surface area contributed by atoms with Crippen LogP contribution in [0.3, 0.4) is 0 Å². The summed E-state index contributed by atoms with van der Waals surface area (Å²) >= 11 is 2.73. The Labute approximate surface area is 192 Å². The number of H-pyrrole nitrogens is 1. The number of carbonyl (C=O) groups is 3. The number of rotatable bonds is 8. The Morgan fingerprint density at radius 1 is 1.41 bits per heavy atom. The van der Waals surface area contributed by atoms with Crippen molar-refractivity contribution in [1.29, 1.82) is 0 Å². The van der Waals surface area contributed by atoms with Gasteiger partial charge >= 0.3 is 5.97 Å². The smallest absolute Gasteiger partial charge is 0.352 e. The van der Waals surface area contributed by atoms with Crippen molar-refractivity contribution < 1.29 is 19.5 Å². The van der Waals surface area contributed by atoms with E-state index in [1.807, 2.05) is 13.0 Å². The summed E-state index contributed by atoms with van der Waals surface area (Å²) in [4.78, 5) is 42.9. The van der Waals surface area contributed by atoms with E-state index in [-0.39, 0.29) is 5.70 Å². The second-order valence-electron chi connectivity index (χ2n) is 7.25. The number of hydrogen-bond acceptors (Lipinski definition) is 8. The van der Waals surface area contributed by atoms with E-state index in [0.717, 1.165) is 12.2 Å². The monoisotopic (exact) mass is 474 g/mol. The maximum absolute atomic E-state index is 12.8. The SMILES string of the molecule is CCc1nc(SCC2=C(C(=O)O)N3C(=O)C(NC(=O)C(N)c4ccccc4)[C@@H]3SC2)n[nH]1. The predicted octanol–water partition coefficient (Wildman–Crippen LogP) is 0.898. The second-order valence-corrected chi connectivity index (χ2v) is 9.30. The molecular weight excluding hydrogens is 452 g/mol. The van der Waals surface area contributed by atoms with E-state index in [4.69, 9.17) is 5.73 Å². The highest BCUT2D eigenvalue weighted by Crippen LogP contribution is 2.41. The van der Waals surface area contributed by atoms with Crippen LogP contribution < -0.4 is 11.1 Å². The molecule has 1 aromatic carbocycles. The number of amides is 2.